The zero-order chi connectivity index (χ0) is 21.8. The highest BCUT2D eigenvalue weighted by Crippen LogP contribution is 2.31. The Hall–Kier alpha value is -4.33. The van der Waals surface area contributed by atoms with E-state index in [0.29, 0.717) is 33.8 Å². The molecule has 0 unspecified atom stereocenters. The Kier molecular flexibility index (Phi) is 5.53. The minimum atomic E-state index is -0.464. The monoisotopic (exact) mass is 414 g/mol. The first kappa shape index (κ1) is 20.0. The Morgan fingerprint density at radius 2 is 1.81 bits per heavy atom. The van der Waals surface area contributed by atoms with E-state index >= 15 is 0 Å². The number of aromatic nitrogens is 2. The second-order valence-corrected chi connectivity index (χ2v) is 6.75. The van der Waals surface area contributed by atoms with Gasteiger partial charge in [-0.15, -0.1) is 0 Å². The minimum absolute atomic E-state index is 0.0434. The number of non-ortho nitro benzene ring substituents is 1. The third-order valence-corrected chi connectivity index (χ3v) is 4.71. The quantitative estimate of drug-likeness (QED) is 0.346. The summed E-state index contributed by atoms with van der Waals surface area (Å²) in [6.07, 6.45) is 4.09. The Morgan fingerprint density at radius 1 is 1.03 bits per heavy atom. The number of nitrogens with one attached hydrogen (secondary N) is 1. The molecular formula is C23H18N4O4. The lowest BCUT2D eigenvalue weighted by atomic mass is 10.1. The van der Waals surface area contributed by atoms with E-state index < -0.39 is 4.92 Å². The zero-order valence-electron chi connectivity index (χ0n) is 16.6. The van der Waals surface area contributed by atoms with E-state index in [0.717, 1.165) is 12.0 Å². The number of hydrogen-bond donors (Lipinski definition) is 1. The molecule has 2 aromatic heterocycles. The van der Waals surface area contributed by atoms with Crippen molar-refractivity contribution in [2.45, 2.75) is 13.3 Å². The van der Waals surface area contributed by atoms with Crippen LogP contribution in [0, 0.1) is 10.1 Å². The Bertz CT molecular complexity index is 1270. The average molecular weight is 414 g/mol. The lowest BCUT2D eigenvalue weighted by Crippen LogP contribution is -2.12. The summed E-state index contributed by atoms with van der Waals surface area (Å²) >= 11 is 0. The zero-order valence-corrected chi connectivity index (χ0v) is 16.6. The van der Waals surface area contributed by atoms with Gasteiger partial charge in [-0.25, -0.2) is 4.98 Å². The van der Waals surface area contributed by atoms with Gasteiger partial charge in [0, 0.05) is 35.5 Å². The van der Waals surface area contributed by atoms with Crippen LogP contribution in [0.5, 0.6) is 11.5 Å². The fourth-order valence-corrected chi connectivity index (χ4v) is 3.06. The summed E-state index contributed by atoms with van der Waals surface area (Å²) < 4.78 is 5.90. The number of carbonyl (C=O) groups excluding carboxylic acids is 1. The van der Waals surface area contributed by atoms with Crippen LogP contribution in [-0.2, 0) is 6.42 Å². The maximum Gasteiger partial charge on any atom is 0.270 e. The molecule has 0 saturated heterocycles. The number of ether oxygens (including phenoxy) is 1. The number of nitrogens with zero attached hydrogens (tertiary/aromatic N) is 3. The predicted molar refractivity (Wildman–Crippen MR) is 116 cm³/mol. The first-order valence-corrected chi connectivity index (χ1v) is 9.61. The summed E-state index contributed by atoms with van der Waals surface area (Å²) in [5, 5.41) is 14.4. The number of pyridine rings is 2. The van der Waals surface area contributed by atoms with Crippen molar-refractivity contribution >= 4 is 28.3 Å². The van der Waals surface area contributed by atoms with Gasteiger partial charge in [0.15, 0.2) is 0 Å². The average Bonchev–Trinajstić information content (AvgIpc) is 2.79. The van der Waals surface area contributed by atoms with Gasteiger partial charge in [0.1, 0.15) is 17.3 Å². The first-order chi connectivity index (χ1) is 15.0. The number of fused-ring (bicyclic) bond motifs is 1. The van der Waals surface area contributed by atoms with Gasteiger partial charge in [-0.05, 0) is 60.5 Å². The molecule has 1 N–H and O–H groups in total. The van der Waals surface area contributed by atoms with Crippen LogP contribution in [0.25, 0.3) is 10.9 Å². The number of aryl methyl sites for hydroxylation is 1. The molecule has 0 bridgehead atoms. The van der Waals surface area contributed by atoms with Crippen LogP contribution in [0.4, 0.5) is 11.5 Å². The van der Waals surface area contributed by atoms with Gasteiger partial charge in [0.25, 0.3) is 11.6 Å². The molecule has 154 valence electrons. The molecule has 8 nitrogen and oxygen atoms in total. The van der Waals surface area contributed by atoms with Crippen molar-refractivity contribution in [2.75, 3.05) is 5.32 Å². The lowest BCUT2D eigenvalue weighted by molar-refractivity contribution is -0.384. The van der Waals surface area contributed by atoms with Crippen LogP contribution in [0.2, 0.25) is 0 Å². The van der Waals surface area contributed by atoms with Crippen LogP contribution in [0.15, 0.2) is 73.1 Å². The molecule has 0 saturated carbocycles. The van der Waals surface area contributed by atoms with Crippen LogP contribution < -0.4 is 10.1 Å². The maximum atomic E-state index is 12.5. The predicted octanol–water partition coefficient (Wildman–Crippen LogP) is 5.15. The van der Waals surface area contributed by atoms with Crippen LogP contribution in [0.1, 0.15) is 22.8 Å². The van der Waals surface area contributed by atoms with E-state index in [1.165, 1.54) is 12.1 Å². The molecule has 0 aliphatic rings. The van der Waals surface area contributed by atoms with Gasteiger partial charge < -0.3 is 10.1 Å². The second-order valence-electron chi connectivity index (χ2n) is 6.75. The smallest absolute Gasteiger partial charge is 0.270 e. The van der Waals surface area contributed by atoms with Gasteiger partial charge in [-0.1, -0.05) is 6.92 Å². The van der Waals surface area contributed by atoms with E-state index in [1.54, 1.807) is 48.8 Å². The largest absolute Gasteiger partial charge is 0.457 e. The SMILES string of the molecule is CCc1ccnc(NC(=O)c2ccc(Oc3ccnc4ccc([N+](=O)[O-])cc34)cc2)c1. The molecule has 0 atom stereocenters. The highest BCUT2D eigenvalue weighted by molar-refractivity contribution is 6.03. The normalized spacial score (nSPS) is 10.6. The first-order valence-electron chi connectivity index (χ1n) is 9.61. The minimum Gasteiger partial charge on any atom is -0.457 e. The summed E-state index contributed by atoms with van der Waals surface area (Å²) in [4.78, 5) is 31.5. The summed E-state index contributed by atoms with van der Waals surface area (Å²) in [6.45, 7) is 2.03. The number of nitro groups is 1. The molecule has 8 heteroatoms. The van der Waals surface area contributed by atoms with Crippen molar-refractivity contribution in [2.24, 2.45) is 0 Å². The van der Waals surface area contributed by atoms with Crippen LogP contribution in [0.3, 0.4) is 0 Å². The molecule has 0 fully saturated rings. The number of anilines is 1. The van der Waals surface area contributed by atoms with Gasteiger partial charge in [-0.3, -0.25) is 19.9 Å². The molecule has 0 radical (unpaired) electrons. The molecule has 4 rings (SSSR count). The van der Waals surface area contributed by atoms with Crippen molar-refractivity contribution in [1.82, 2.24) is 9.97 Å². The Balaban J connectivity index is 1.53. The Morgan fingerprint density at radius 3 is 2.55 bits per heavy atom. The molecule has 0 aliphatic carbocycles. The number of nitro benzene ring substituents is 1. The van der Waals surface area contributed by atoms with Crippen LogP contribution in [-0.4, -0.2) is 20.8 Å². The number of hydrogen-bond acceptors (Lipinski definition) is 6. The van der Waals surface area contributed by atoms with E-state index in [2.05, 4.69) is 15.3 Å². The van der Waals surface area contributed by atoms with E-state index in [9.17, 15) is 14.9 Å². The third-order valence-electron chi connectivity index (χ3n) is 4.71. The van der Waals surface area contributed by atoms with E-state index in [-0.39, 0.29) is 11.6 Å². The number of benzene rings is 2. The van der Waals surface area contributed by atoms with Crippen molar-refractivity contribution in [1.29, 1.82) is 0 Å². The van der Waals surface area contributed by atoms with Crippen molar-refractivity contribution in [3.8, 4) is 11.5 Å². The highest BCUT2D eigenvalue weighted by Gasteiger charge is 2.12. The highest BCUT2D eigenvalue weighted by atomic mass is 16.6. The van der Waals surface area contributed by atoms with Gasteiger partial charge in [0.2, 0.25) is 0 Å². The summed E-state index contributed by atoms with van der Waals surface area (Å²) in [7, 11) is 0. The molecule has 2 aromatic carbocycles. The maximum absolute atomic E-state index is 12.5. The number of rotatable bonds is 6. The van der Waals surface area contributed by atoms with Gasteiger partial charge in [0.05, 0.1) is 10.4 Å². The molecule has 2 heterocycles. The summed E-state index contributed by atoms with van der Waals surface area (Å²) in [5.74, 6) is 1.14. The fraction of sp³-hybridized carbons (Fsp3) is 0.0870. The number of amides is 1. The van der Waals surface area contributed by atoms with Crippen molar-refractivity contribution < 1.29 is 14.5 Å². The third kappa shape index (κ3) is 4.48. The van der Waals surface area contributed by atoms with E-state index in [4.69, 9.17) is 4.74 Å². The molecule has 0 aliphatic heterocycles. The van der Waals surface area contributed by atoms with E-state index in [1.807, 2.05) is 19.1 Å². The number of carbonyl (C=O) groups is 1. The second kappa shape index (κ2) is 8.58. The molecule has 0 spiro atoms. The van der Waals surface area contributed by atoms with Crippen molar-refractivity contribution in [3.63, 3.8) is 0 Å². The Labute approximate surface area is 177 Å². The van der Waals surface area contributed by atoms with Gasteiger partial charge in [-0.2, -0.15) is 0 Å². The fourth-order valence-electron chi connectivity index (χ4n) is 3.06. The summed E-state index contributed by atoms with van der Waals surface area (Å²) in [5.41, 5.74) is 2.07. The standard InChI is InChI=1S/C23H18N4O4/c1-2-15-9-11-25-22(13-15)26-23(28)16-3-6-18(7-4-16)31-21-10-12-24-20-8-5-17(27(29)30)14-19(20)21/h3-14H,2H2,1H3,(H,25,26,28). The summed E-state index contributed by atoms with van der Waals surface area (Å²) in [6, 6.07) is 16.4. The van der Waals surface area contributed by atoms with Crippen molar-refractivity contribution in [3.05, 3.63) is 94.3 Å². The molecule has 4 aromatic rings. The topological polar surface area (TPSA) is 107 Å². The molecular weight excluding hydrogens is 396 g/mol. The molecule has 1 amide bonds. The molecule has 31 heavy (non-hydrogen) atoms. The lowest BCUT2D eigenvalue weighted by Gasteiger charge is -2.10. The van der Waals surface area contributed by atoms with Gasteiger partial charge >= 0.3 is 0 Å². The van der Waals surface area contributed by atoms with Crippen LogP contribution >= 0.6 is 0 Å².